The highest BCUT2D eigenvalue weighted by molar-refractivity contribution is 5.40. The van der Waals surface area contributed by atoms with Gasteiger partial charge in [-0.15, -0.1) is 0 Å². The molecule has 1 heterocycles. The Balaban J connectivity index is 3.20. The fraction of sp³-hybridized carbons (Fsp3) is 0.167. The number of aryl methyl sites for hydroxylation is 1. The maximum Gasteiger partial charge on any atom is 0.232 e. The Morgan fingerprint density at radius 2 is 2.40 bits per heavy atom. The second kappa shape index (κ2) is 2.31. The summed E-state index contributed by atoms with van der Waals surface area (Å²) in [6, 6.07) is 1.82. The van der Waals surface area contributed by atoms with E-state index in [4.69, 9.17) is 11.0 Å². The van der Waals surface area contributed by atoms with Crippen molar-refractivity contribution >= 4 is 5.69 Å². The molecule has 0 unspecified atom stereocenters. The molecule has 0 saturated heterocycles. The van der Waals surface area contributed by atoms with Crippen LogP contribution in [0.4, 0.5) is 5.69 Å². The quantitative estimate of drug-likeness (QED) is 0.551. The number of nitrogens with zero attached hydrogens (tertiary/aromatic N) is 3. The van der Waals surface area contributed by atoms with Gasteiger partial charge in [-0.2, -0.15) is 5.26 Å². The lowest BCUT2D eigenvalue weighted by atomic mass is 10.4. The molecule has 50 valence electrons. The summed E-state index contributed by atoms with van der Waals surface area (Å²) in [6.45, 7) is 1.73. The average Bonchev–Trinajstić information content (AvgIpc) is 1.95. The molecule has 2 N–H and O–H groups in total. The van der Waals surface area contributed by atoms with E-state index < -0.39 is 0 Å². The zero-order valence-electron chi connectivity index (χ0n) is 5.50. The molecule has 0 aliphatic rings. The van der Waals surface area contributed by atoms with Crippen molar-refractivity contribution in [3.63, 3.8) is 0 Å². The number of hydrogen-bond acceptors (Lipinski definition) is 4. The number of aromatic nitrogens is 2. The van der Waals surface area contributed by atoms with E-state index in [2.05, 4.69) is 9.97 Å². The molecule has 0 aliphatic heterocycles. The SMILES string of the molecule is Cc1nc(C#N)ncc1N. The van der Waals surface area contributed by atoms with Crippen LogP contribution < -0.4 is 5.73 Å². The molecule has 0 amide bonds. The molecule has 0 bridgehead atoms. The monoisotopic (exact) mass is 134 g/mol. The standard InChI is InChI=1S/C6H6N4/c1-4-5(8)3-9-6(2-7)10-4/h3H,8H2,1H3. The summed E-state index contributed by atoms with van der Waals surface area (Å²) in [5, 5.41) is 8.34. The van der Waals surface area contributed by atoms with E-state index in [1.807, 2.05) is 6.07 Å². The van der Waals surface area contributed by atoms with Crippen molar-refractivity contribution in [2.24, 2.45) is 0 Å². The van der Waals surface area contributed by atoms with Gasteiger partial charge in [0.2, 0.25) is 5.82 Å². The molecule has 4 nitrogen and oxygen atoms in total. The van der Waals surface area contributed by atoms with E-state index in [1.165, 1.54) is 6.20 Å². The molecular weight excluding hydrogens is 128 g/mol. The largest absolute Gasteiger partial charge is 0.396 e. The lowest BCUT2D eigenvalue weighted by Gasteiger charge is -1.95. The summed E-state index contributed by atoms with van der Waals surface area (Å²) in [5.41, 5.74) is 6.57. The van der Waals surface area contributed by atoms with Crippen LogP contribution in [0, 0.1) is 18.3 Å². The van der Waals surface area contributed by atoms with Crippen LogP contribution in [-0.2, 0) is 0 Å². The van der Waals surface area contributed by atoms with Gasteiger partial charge in [0.15, 0.2) is 0 Å². The Morgan fingerprint density at radius 1 is 1.70 bits per heavy atom. The van der Waals surface area contributed by atoms with Crippen LogP contribution in [0.3, 0.4) is 0 Å². The number of hydrogen-bond donors (Lipinski definition) is 1. The first-order valence-corrected chi connectivity index (χ1v) is 2.73. The van der Waals surface area contributed by atoms with Crippen LogP contribution >= 0.6 is 0 Å². The predicted octanol–water partition coefficient (Wildman–Crippen LogP) is 0.239. The lowest BCUT2D eigenvalue weighted by Crippen LogP contribution is -1.97. The number of rotatable bonds is 0. The van der Waals surface area contributed by atoms with Crippen LogP contribution in [0.15, 0.2) is 6.20 Å². The van der Waals surface area contributed by atoms with Gasteiger partial charge in [-0.1, -0.05) is 0 Å². The van der Waals surface area contributed by atoms with E-state index in [9.17, 15) is 0 Å². The van der Waals surface area contributed by atoms with Crippen molar-refractivity contribution in [3.05, 3.63) is 17.7 Å². The predicted molar refractivity (Wildman–Crippen MR) is 35.9 cm³/mol. The molecule has 0 fully saturated rings. The molecule has 1 rings (SSSR count). The molecule has 1 aromatic heterocycles. The second-order valence-corrected chi connectivity index (χ2v) is 1.85. The van der Waals surface area contributed by atoms with Gasteiger partial charge in [0.1, 0.15) is 6.07 Å². The van der Waals surface area contributed by atoms with Crippen LogP contribution in [0.1, 0.15) is 11.5 Å². The van der Waals surface area contributed by atoms with Crippen molar-refractivity contribution in [2.45, 2.75) is 6.92 Å². The molecule has 0 radical (unpaired) electrons. The van der Waals surface area contributed by atoms with Crippen molar-refractivity contribution in [2.75, 3.05) is 5.73 Å². The minimum atomic E-state index is 0.159. The molecule has 0 atom stereocenters. The summed E-state index contributed by atoms with van der Waals surface area (Å²) in [6.07, 6.45) is 1.43. The fourth-order valence-electron chi connectivity index (χ4n) is 0.530. The van der Waals surface area contributed by atoms with Gasteiger partial charge < -0.3 is 5.73 Å². The van der Waals surface area contributed by atoms with Gasteiger partial charge >= 0.3 is 0 Å². The summed E-state index contributed by atoms with van der Waals surface area (Å²) in [7, 11) is 0. The van der Waals surface area contributed by atoms with E-state index >= 15 is 0 Å². The highest BCUT2D eigenvalue weighted by Crippen LogP contribution is 2.03. The minimum absolute atomic E-state index is 0.159. The van der Waals surface area contributed by atoms with Gasteiger partial charge in [0, 0.05) is 0 Å². The number of nitriles is 1. The Hall–Kier alpha value is -1.63. The first-order valence-electron chi connectivity index (χ1n) is 2.73. The summed E-state index contributed by atoms with van der Waals surface area (Å²) in [5.74, 6) is 0.159. The van der Waals surface area contributed by atoms with Crippen LogP contribution in [-0.4, -0.2) is 9.97 Å². The highest BCUT2D eigenvalue weighted by atomic mass is 14.9. The Labute approximate surface area is 58.3 Å². The fourth-order valence-corrected chi connectivity index (χ4v) is 0.530. The summed E-state index contributed by atoms with van der Waals surface area (Å²) < 4.78 is 0. The van der Waals surface area contributed by atoms with E-state index in [1.54, 1.807) is 6.92 Å². The van der Waals surface area contributed by atoms with Gasteiger partial charge in [0.25, 0.3) is 0 Å². The van der Waals surface area contributed by atoms with Crippen molar-refractivity contribution < 1.29 is 0 Å². The molecule has 4 heteroatoms. The summed E-state index contributed by atoms with van der Waals surface area (Å²) >= 11 is 0. The maximum absolute atomic E-state index is 8.34. The third kappa shape index (κ3) is 1.03. The van der Waals surface area contributed by atoms with Crippen molar-refractivity contribution in [1.82, 2.24) is 9.97 Å². The van der Waals surface area contributed by atoms with Crippen LogP contribution in [0.25, 0.3) is 0 Å². The zero-order chi connectivity index (χ0) is 7.56. The van der Waals surface area contributed by atoms with Gasteiger partial charge in [-0.25, -0.2) is 9.97 Å². The molecule has 1 aromatic rings. The molecule has 0 saturated carbocycles. The molecular formula is C6H6N4. The topological polar surface area (TPSA) is 75.6 Å². The second-order valence-electron chi connectivity index (χ2n) is 1.85. The van der Waals surface area contributed by atoms with Crippen LogP contribution in [0.5, 0.6) is 0 Å². The van der Waals surface area contributed by atoms with Crippen molar-refractivity contribution in [1.29, 1.82) is 5.26 Å². The molecule has 0 aliphatic carbocycles. The maximum atomic E-state index is 8.34. The number of nitrogen functional groups attached to an aromatic ring is 1. The number of nitrogens with two attached hydrogens (primary N) is 1. The van der Waals surface area contributed by atoms with E-state index in [0.717, 1.165) is 0 Å². The number of anilines is 1. The van der Waals surface area contributed by atoms with Crippen molar-refractivity contribution in [3.8, 4) is 6.07 Å². The molecule has 0 spiro atoms. The van der Waals surface area contributed by atoms with Gasteiger partial charge in [-0.3, -0.25) is 0 Å². The van der Waals surface area contributed by atoms with Gasteiger partial charge in [-0.05, 0) is 6.92 Å². The first kappa shape index (κ1) is 6.49. The normalized spacial score (nSPS) is 8.80. The third-order valence-corrected chi connectivity index (χ3v) is 1.12. The van der Waals surface area contributed by atoms with E-state index in [-0.39, 0.29) is 5.82 Å². The summed E-state index contributed by atoms with van der Waals surface area (Å²) in [4.78, 5) is 7.45. The Bertz CT molecular complexity index is 286. The van der Waals surface area contributed by atoms with Crippen LogP contribution in [0.2, 0.25) is 0 Å². The first-order chi connectivity index (χ1) is 4.74. The van der Waals surface area contributed by atoms with E-state index in [0.29, 0.717) is 11.4 Å². The Morgan fingerprint density at radius 3 is 2.90 bits per heavy atom. The highest BCUT2D eigenvalue weighted by Gasteiger charge is 1.96. The van der Waals surface area contributed by atoms with Gasteiger partial charge in [0.05, 0.1) is 17.6 Å². The lowest BCUT2D eigenvalue weighted by molar-refractivity contribution is 1.07. The zero-order valence-corrected chi connectivity index (χ0v) is 5.50. The molecule has 0 aromatic carbocycles. The third-order valence-electron chi connectivity index (χ3n) is 1.12. The smallest absolute Gasteiger partial charge is 0.232 e. The average molecular weight is 134 g/mol. The minimum Gasteiger partial charge on any atom is -0.396 e. The Kier molecular flexibility index (Phi) is 1.50. The molecule has 10 heavy (non-hydrogen) atoms.